The minimum Gasteiger partial charge on any atom is -0.480 e. The third kappa shape index (κ3) is 5.24. The van der Waals surface area contributed by atoms with Gasteiger partial charge in [-0.2, -0.15) is 0 Å². The minimum absolute atomic E-state index is 0.0133. The number of ether oxygens (including phenoxy) is 3. The Hall–Kier alpha value is -4.00. The smallest absolute Gasteiger partial charge is 0.408 e. The second-order valence-electron chi connectivity index (χ2n) is 9.69. The van der Waals surface area contributed by atoms with Crippen molar-refractivity contribution in [2.45, 2.75) is 45.3 Å². The molecule has 2 aliphatic rings. The third-order valence-corrected chi connectivity index (χ3v) is 5.66. The fourth-order valence-corrected chi connectivity index (χ4v) is 4.11. The van der Waals surface area contributed by atoms with E-state index in [9.17, 15) is 14.7 Å². The Kier molecular flexibility index (Phi) is 6.43. The van der Waals surface area contributed by atoms with Crippen LogP contribution < -0.4 is 14.8 Å². The zero-order valence-corrected chi connectivity index (χ0v) is 20.3. The van der Waals surface area contributed by atoms with E-state index in [1.54, 1.807) is 26.8 Å². The van der Waals surface area contributed by atoms with Gasteiger partial charge >= 0.3 is 12.1 Å². The quantitative estimate of drug-likeness (QED) is 0.478. The van der Waals surface area contributed by atoms with Crippen LogP contribution in [-0.2, 0) is 16.0 Å². The van der Waals surface area contributed by atoms with Crippen LogP contribution in [0.25, 0.3) is 22.3 Å². The van der Waals surface area contributed by atoms with E-state index in [0.29, 0.717) is 17.1 Å². The van der Waals surface area contributed by atoms with Crippen LogP contribution >= 0.6 is 0 Å². The van der Waals surface area contributed by atoms with Gasteiger partial charge in [0.25, 0.3) is 0 Å². The number of aliphatic carboxylic acids is 1. The number of carboxylic acids is 1. The molecular formula is C28H29NO6. The van der Waals surface area contributed by atoms with E-state index in [-0.39, 0.29) is 13.2 Å². The van der Waals surface area contributed by atoms with Gasteiger partial charge in [-0.05, 0) is 44.9 Å². The molecule has 0 aromatic heterocycles. The highest BCUT2D eigenvalue weighted by molar-refractivity contribution is 5.93. The molecule has 3 aromatic rings. The lowest BCUT2D eigenvalue weighted by Crippen LogP contribution is -2.54. The molecule has 2 heterocycles. The topological polar surface area (TPSA) is 94.1 Å². The first-order chi connectivity index (χ1) is 16.6. The van der Waals surface area contributed by atoms with Crippen molar-refractivity contribution in [3.05, 3.63) is 72.3 Å². The number of rotatable bonds is 6. The summed E-state index contributed by atoms with van der Waals surface area (Å²) in [5.74, 6) is -0.0875. The predicted octanol–water partition coefficient (Wildman–Crippen LogP) is 5.66. The van der Waals surface area contributed by atoms with Crippen molar-refractivity contribution in [3.63, 3.8) is 0 Å². The molecule has 0 unspecified atom stereocenters. The maximum absolute atomic E-state index is 12.5. The first kappa shape index (κ1) is 24.1. The van der Waals surface area contributed by atoms with Gasteiger partial charge in [0, 0.05) is 23.1 Å². The van der Waals surface area contributed by atoms with Crippen LogP contribution in [0.3, 0.4) is 0 Å². The summed E-state index contributed by atoms with van der Waals surface area (Å²) in [5.41, 5.74) is 1.73. The monoisotopic (exact) mass is 475 g/mol. The molecule has 7 nitrogen and oxygen atoms in total. The number of alkyl carbamates (subject to hydrolysis) is 1. The van der Waals surface area contributed by atoms with E-state index in [2.05, 4.69) is 5.32 Å². The van der Waals surface area contributed by atoms with Crippen LogP contribution in [0.15, 0.2) is 66.7 Å². The normalized spacial score (nSPS) is 14.2. The van der Waals surface area contributed by atoms with Gasteiger partial charge in [0.1, 0.15) is 22.6 Å². The maximum atomic E-state index is 12.5. The fraction of sp³-hybridized carbons (Fsp3) is 0.286. The molecule has 1 atom stereocenters. The molecule has 35 heavy (non-hydrogen) atoms. The molecule has 3 aromatic carbocycles. The van der Waals surface area contributed by atoms with Crippen LogP contribution in [0.5, 0.6) is 11.5 Å². The number of amides is 1. The van der Waals surface area contributed by atoms with Crippen molar-refractivity contribution in [2.24, 2.45) is 0 Å². The molecule has 0 aliphatic carbocycles. The Balaban J connectivity index is 1.84. The van der Waals surface area contributed by atoms with Gasteiger partial charge in [-0.25, -0.2) is 9.59 Å². The first-order valence-corrected chi connectivity index (χ1v) is 11.4. The van der Waals surface area contributed by atoms with Crippen molar-refractivity contribution >= 4 is 12.1 Å². The number of nitrogens with one attached hydrogen (secondary N) is 1. The van der Waals surface area contributed by atoms with Crippen LogP contribution in [0, 0.1) is 0 Å². The molecule has 0 saturated carbocycles. The van der Waals surface area contributed by atoms with E-state index < -0.39 is 23.2 Å². The minimum atomic E-state index is -1.65. The van der Waals surface area contributed by atoms with Gasteiger partial charge in [0.2, 0.25) is 6.79 Å². The van der Waals surface area contributed by atoms with E-state index in [1.165, 1.54) is 6.92 Å². The van der Waals surface area contributed by atoms with Gasteiger partial charge in [-0.1, -0.05) is 60.7 Å². The Morgan fingerprint density at radius 2 is 1.49 bits per heavy atom. The number of hydrogen-bond acceptors (Lipinski definition) is 5. The molecular weight excluding hydrogens is 446 g/mol. The number of fused-ring (bicyclic) bond motifs is 4. The average molecular weight is 476 g/mol. The van der Waals surface area contributed by atoms with Gasteiger partial charge in [0.05, 0.1) is 0 Å². The molecule has 0 fully saturated rings. The van der Waals surface area contributed by atoms with Gasteiger partial charge in [-0.15, -0.1) is 0 Å². The zero-order chi connectivity index (χ0) is 25.2. The third-order valence-electron chi connectivity index (χ3n) is 5.66. The van der Waals surface area contributed by atoms with Crippen LogP contribution in [-0.4, -0.2) is 35.1 Å². The van der Waals surface area contributed by atoms with Crippen molar-refractivity contribution in [1.82, 2.24) is 5.32 Å². The van der Waals surface area contributed by atoms with Gasteiger partial charge < -0.3 is 24.6 Å². The van der Waals surface area contributed by atoms with Gasteiger partial charge in [0.15, 0.2) is 0 Å². The van der Waals surface area contributed by atoms with E-state index in [4.69, 9.17) is 14.2 Å². The molecule has 1 amide bonds. The highest BCUT2D eigenvalue weighted by Gasteiger charge is 2.39. The zero-order valence-electron chi connectivity index (χ0n) is 20.3. The Labute approximate surface area is 204 Å². The van der Waals surface area contributed by atoms with Crippen LogP contribution in [0.2, 0.25) is 0 Å². The summed E-state index contributed by atoms with van der Waals surface area (Å²) in [7, 11) is 0. The molecule has 5 rings (SSSR count). The second kappa shape index (κ2) is 9.33. The summed E-state index contributed by atoms with van der Waals surface area (Å²) in [5, 5.41) is 12.6. The molecule has 2 bridgehead atoms. The van der Waals surface area contributed by atoms with Crippen molar-refractivity contribution in [2.75, 3.05) is 6.79 Å². The Bertz CT molecular complexity index is 1230. The van der Waals surface area contributed by atoms with Crippen LogP contribution in [0.1, 0.15) is 33.3 Å². The summed E-state index contributed by atoms with van der Waals surface area (Å²) in [4.78, 5) is 24.8. The SMILES string of the molecule is CC(C)(C)OC(=O)N[C@@](C)(Cc1cc2c(-c3ccccc3)c(-c3ccccc3)c1OCO2)C(=O)O. The second-order valence-corrected chi connectivity index (χ2v) is 9.69. The summed E-state index contributed by atoms with van der Waals surface area (Å²) >= 11 is 0. The highest BCUT2D eigenvalue weighted by atomic mass is 16.7. The molecule has 2 aliphatic heterocycles. The number of benzene rings is 3. The standard InChI is InChI=1S/C28H29NO6/c1-27(2,3)35-26(32)29-28(4,25(30)31)16-20-15-21-22(18-11-7-5-8-12-18)23(24(20)34-17-33-21)19-13-9-6-10-14-19/h5-15H,16-17H2,1-4H3,(H,29,32)(H,30,31)/t28-/m0/s1. The Morgan fingerprint density at radius 1 is 0.914 bits per heavy atom. The summed E-state index contributed by atoms with van der Waals surface area (Å²) in [6.07, 6.45) is -0.845. The van der Waals surface area contributed by atoms with Crippen LogP contribution in [0.4, 0.5) is 4.79 Å². The lowest BCUT2D eigenvalue weighted by atomic mass is 9.86. The molecule has 182 valence electrons. The van der Waals surface area contributed by atoms with E-state index in [0.717, 1.165) is 22.3 Å². The average Bonchev–Trinajstić information content (AvgIpc) is 3.10. The van der Waals surface area contributed by atoms with Crippen molar-refractivity contribution < 1.29 is 28.9 Å². The predicted molar refractivity (Wildman–Crippen MR) is 133 cm³/mol. The maximum Gasteiger partial charge on any atom is 0.408 e. The molecule has 0 saturated heterocycles. The summed E-state index contributed by atoms with van der Waals surface area (Å²) < 4.78 is 17.3. The largest absolute Gasteiger partial charge is 0.480 e. The van der Waals surface area contributed by atoms with Crippen molar-refractivity contribution in [3.8, 4) is 33.8 Å². The van der Waals surface area contributed by atoms with E-state index in [1.807, 2.05) is 60.7 Å². The lowest BCUT2D eigenvalue weighted by Gasteiger charge is -2.29. The first-order valence-electron chi connectivity index (χ1n) is 11.4. The number of carboxylic acid groups (broad SMARTS) is 1. The van der Waals surface area contributed by atoms with Crippen molar-refractivity contribution in [1.29, 1.82) is 0 Å². The number of carbonyl (C=O) groups excluding carboxylic acids is 1. The molecule has 2 N–H and O–H groups in total. The van der Waals surface area contributed by atoms with E-state index >= 15 is 0 Å². The summed E-state index contributed by atoms with van der Waals surface area (Å²) in [6.45, 7) is 6.60. The molecule has 0 radical (unpaired) electrons. The number of hydrogen-bond donors (Lipinski definition) is 2. The highest BCUT2D eigenvalue weighted by Crippen LogP contribution is 2.49. The Morgan fingerprint density at radius 3 is 2.03 bits per heavy atom. The fourth-order valence-electron chi connectivity index (χ4n) is 4.11. The van der Waals surface area contributed by atoms with Gasteiger partial charge in [-0.3, -0.25) is 0 Å². The molecule has 7 heteroatoms. The lowest BCUT2D eigenvalue weighted by molar-refractivity contribution is -0.144. The molecule has 0 spiro atoms. The number of carbonyl (C=O) groups is 2. The summed E-state index contributed by atoms with van der Waals surface area (Å²) in [6, 6.07) is 21.4.